The first-order valence-electron chi connectivity index (χ1n) is 9.74. The van der Waals surface area contributed by atoms with Gasteiger partial charge in [0.2, 0.25) is 5.91 Å². The van der Waals surface area contributed by atoms with Gasteiger partial charge in [-0.1, -0.05) is 59.4 Å². The third kappa shape index (κ3) is 7.46. The van der Waals surface area contributed by atoms with Crippen LogP contribution in [0, 0.1) is 0 Å². The molecule has 2 rings (SSSR count). The molecule has 0 radical (unpaired) electrons. The molecule has 1 atom stereocenters. The zero-order valence-corrected chi connectivity index (χ0v) is 20.4. The van der Waals surface area contributed by atoms with E-state index in [9.17, 15) is 9.59 Å². The highest BCUT2D eigenvalue weighted by molar-refractivity contribution is 6.35. The number of hydrogen-bond acceptors (Lipinski definition) is 3. The van der Waals surface area contributed by atoms with Crippen LogP contribution in [-0.2, 0) is 16.1 Å². The molecule has 9 heteroatoms. The Hall–Kier alpha value is -1.66. The van der Waals surface area contributed by atoms with Gasteiger partial charge >= 0.3 is 0 Å². The molecule has 2 amide bonds. The second-order valence-corrected chi connectivity index (χ2v) is 8.90. The molecular formula is C22H24Cl4N2O3. The Kier molecular flexibility index (Phi) is 9.76. The van der Waals surface area contributed by atoms with Crippen molar-refractivity contribution >= 4 is 58.2 Å². The first-order chi connectivity index (χ1) is 14.6. The van der Waals surface area contributed by atoms with E-state index in [2.05, 4.69) is 5.32 Å². The van der Waals surface area contributed by atoms with Crippen LogP contribution >= 0.6 is 46.4 Å². The van der Waals surface area contributed by atoms with Crippen LogP contribution in [0.25, 0.3) is 0 Å². The summed E-state index contributed by atoms with van der Waals surface area (Å²) >= 11 is 24.3. The maximum atomic E-state index is 13.2. The summed E-state index contributed by atoms with van der Waals surface area (Å²) in [6.45, 7) is 5.37. The number of hydrogen-bond donors (Lipinski definition) is 1. The second kappa shape index (κ2) is 11.8. The Bertz CT molecular complexity index is 937. The average molecular weight is 506 g/mol. The SMILES string of the molecule is CC[C@@H](C(=O)NC(C)C)N(Cc1ccc(Cl)cc1Cl)C(=O)COc1ccc(Cl)cc1Cl. The molecule has 0 aliphatic heterocycles. The highest BCUT2D eigenvalue weighted by Crippen LogP contribution is 2.28. The van der Waals surface area contributed by atoms with E-state index in [-0.39, 0.29) is 36.0 Å². The maximum Gasteiger partial charge on any atom is 0.261 e. The molecule has 0 aliphatic rings. The highest BCUT2D eigenvalue weighted by atomic mass is 35.5. The molecule has 0 aliphatic carbocycles. The van der Waals surface area contributed by atoms with Gasteiger partial charge in [0.05, 0.1) is 5.02 Å². The lowest BCUT2D eigenvalue weighted by atomic mass is 10.1. The van der Waals surface area contributed by atoms with E-state index in [0.29, 0.717) is 32.8 Å². The molecule has 0 spiro atoms. The highest BCUT2D eigenvalue weighted by Gasteiger charge is 2.30. The van der Waals surface area contributed by atoms with Gasteiger partial charge in [-0.2, -0.15) is 0 Å². The van der Waals surface area contributed by atoms with Gasteiger partial charge in [-0.15, -0.1) is 0 Å². The van der Waals surface area contributed by atoms with Crippen molar-refractivity contribution in [2.45, 2.75) is 45.8 Å². The Labute approximate surface area is 202 Å². The van der Waals surface area contributed by atoms with E-state index in [0.717, 1.165) is 0 Å². The largest absolute Gasteiger partial charge is 0.482 e. The Morgan fingerprint density at radius 3 is 2.16 bits per heavy atom. The zero-order chi connectivity index (χ0) is 23.1. The third-order valence-corrected chi connectivity index (χ3v) is 5.54. The molecule has 2 aromatic rings. The molecule has 0 unspecified atom stereocenters. The van der Waals surface area contributed by atoms with Crippen molar-refractivity contribution in [3.63, 3.8) is 0 Å². The molecule has 5 nitrogen and oxygen atoms in total. The van der Waals surface area contributed by atoms with Crippen LogP contribution in [0.5, 0.6) is 5.75 Å². The van der Waals surface area contributed by atoms with Crippen LogP contribution in [0.3, 0.4) is 0 Å². The number of carbonyl (C=O) groups excluding carboxylic acids is 2. The fraction of sp³-hybridized carbons (Fsp3) is 0.364. The Morgan fingerprint density at radius 1 is 1.00 bits per heavy atom. The number of carbonyl (C=O) groups is 2. The lowest BCUT2D eigenvalue weighted by Gasteiger charge is -2.31. The van der Waals surface area contributed by atoms with Gasteiger partial charge in [-0.05, 0) is 56.2 Å². The van der Waals surface area contributed by atoms with E-state index in [4.69, 9.17) is 51.1 Å². The van der Waals surface area contributed by atoms with E-state index >= 15 is 0 Å². The van der Waals surface area contributed by atoms with Crippen LogP contribution in [-0.4, -0.2) is 35.4 Å². The van der Waals surface area contributed by atoms with Crippen molar-refractivity contribution < 1.29 is 14.3 Å². The predicted octanol–water partition coefficient (Wildman–Crippen LogP) is 6.01. The summed E-state index contributed by atoms with van der Waals surface area (Å²) in [4.78, 5) is 27.4. The summed E-state index contributed by atoms with van der Waals surface area (Å²) in [5.74, 6) is -0.313. The lowest BCUT2D eigenvalue weighted by molar-refractivity contribution is -0.143. The van der Waals surface area contributed by atoms with Crippen molar-refractivity contribution in [3.8, 4) is 5.75 Å². The normalized spacial score (nSPS) is 11.9. The number of ether oxygens (including phenoxy) is 1. The fourth-order valence-corrected chi connectivity index (χ4v) is 3.88. The monoisotopic (exact) mass is 504 g/mol. The Morgan fingerprint density at radius 2 is 1.61 bits per heavy atom. The van der Waals surface area contributed by atoms with E-state index in [1.165, 1.54) is 11.0 Å². The van der Waals surface area contributed by atoms with Gasteiger partial charge < -0.3 is 15.0 Å². The molecule has 1 N–H and O–H groups in total. The number of benzene rings is 2. The molecule has 31 heavy (non-hydrogen) atoms. The second-order valence-electron chi connectivity index (χ2n) is 7.21. The van der Waals surface area contributed by atoms with Crippen LogP contribution in [0.4, 0.5) is 0 Å². The minimum Gasteiger partial charge on any atom is -0.482 e. The standard InChI is InChI=1S/C22H24Cl4N2O3/c1-4-19(22(30)27-13(2)3)28(11-14-5-6-15(23)9-17(14)25)21(29)12-31-20-8-7-16(24)10-18(20)26/h5-10,13,19H,4,11-12H2,1-3H3,(H,27,30)/t19-/m0/s1. The zero-order valence-electron chi connectivity index (χ0n) is 17.4. The topological polar surface area (TPSA) is 58.6 Å². The lowest BCUT2D eigenvalue weighted by Crippen LogP contribution is -2.51. The molecule has 0 bridgehead atoms. The molecule has 0 saturated heterocycles. The summed E-state index contributed by atoms with van der Waals surface area (Å²) in [5.41, 5.74) is 0.666. The van der Waals surface area contributed by atoms with Crippen LogP contribution in [0.2, 0.25) is 20.1 Å². The number of amides is 2. The number of nitrogens with zero attached hydrogens (tertiary/aromatic N) is 1. The Balaban J connectivity index is 2.27. The van der Waals surface area contributed by atoms with Gasteiger partial charge in [-0.3, -0.25) is 9.59 Å². The molecule has 0 aromatic heterocycles. The summed E-state index contributed by atoms with van der Waals surface area (Å²) < 4.78 is 5.61. The summed E-state index contributed by atoms with van der Waals surface area (Å²) in [6.07, 6.45) is 0.414. The molecular weight excluding hydrogens is 482 g/mol. The first kappa shape index (κ1) is 25.6. The molecule has 168 valence electrons. The van der Waals surface area contributed by atoms with E-state index in [1.807, 2.05) is 20.8 Å². The summed E-state index contributed by atoms with van der Waals surface area (Å²) in [7, 11) is 0. The number of rotatable bonds is 9. The maximum absolute atomic E-state index is 13.2. The van der Waals surface area contributed by atoms with Gasteiger partial charge in [0, 0.05) is 27.7 Å². The van der Waals surface area contributed by atoms with Crippen molar-refractivity contribution in [2.75, 3.05) is 6.61 Å². The van der Waals surface area contributed by atoms with Crippen LogP contribution in [0.15, 0.2) is 36.4 Å². The van der Waals surface area contributed by atoms with Crippen molar-refractivity contribution in [1.82, 2.24) is 10.2 Å². The molecule has 0 heterocycles. The van der Waals surface area contributed by atoms with E-state index < -0.39 is 6.04 Å². The van der Waals surface area contributed by atoms with Gasteiger partial charge in [0.25, 0.3) is 5.91 Å². The smallest absolute Gasteiger partial charge is 0.261 e. The minimum atomic E-state index is -0.703. The molecule has 2 aromatic carbocycles. The van der Waals surface area contributed by atoms with Crippen molar-refractivity contribution in [3.05, 3.63) is 62.1 Å². The van der Waals surface area contributed by atoms with Crippen LogP contribution in [0.1, 0.15) is 32.8 Å². The van der Waals surface area contributed by atoms with E-state index in [1.54, 1.807) is 30.3 Å². The van der Waals surface area contributed by atoms with Gasteiger partial charge in [-0.25, -0.2) is 0 Å². The molecule has 0 fully saturated rings. The fourth-order valence-electron chi connectivity index (χ4n) is 2.95. The van der Waals surface area contributed by atoms with Crippen molar-refractivity contribution in [2.24, 2.45) is 0 Å². The summed E-state index contributed by atoms with van der Waals surface area (Å²) in [5, 5.41) is 4.50. The minimum absolute atomic E-state index is 0.0678. The third-order valence-electron chi connectivity index (χ3n) is 4.42. The van der Waals surface area contributed by atoms with Crippen molar-refractivity contribution in [1.29, 1.82) is 0 Å². The van der Waals surface area contributed by atoms with Crippen LogP contribution < -0.4 is 10.1 Å². The predicted molar refractivity (Wildman–Crippen MR) is 126 cm³/mol. The van der Waals surface area contributed by atoms with Gasteiger partial charge in [0.15, 0.2) is 6.61 Å². The van der Waals surface area contributed by atoms with Gasteiger partial charge in [0.1, 0.15) is 11.8 Å². The number of halogens is 4. The quantitative estimate of drug-likeness (QED) is 0.453. The number of nitrogens with one attached hydrogen (secondary N) is 1. The summed E-state index contributed by atoms with van der Waals surface area (Å²) in [6, 6.07) is 8.97. The first-order valence-corrected chi connectivity index (χ1v) is 11.2. The molecule has 0 saturated carbocycles. The average Bonchev–Trinajstić information content (AvgIpc) is 2.68.